The molecule has 138 valence electrons. The van der Waals surface area contributed by atoms with Gasteiger partial charge in [-0.25, -0.2) is 9.13 Å². The number of hydrogen-bond acceptors (Lipinski definition) is 1. The van der Waals surface area contributed by atoms with Gasteiger partial charge in [0.1, 0.15) is 0 Å². The van der Waals surface area contributed by atoms with Crippen molar-refractivity contribution in [3.63, 3.8) is 0 Å². The van der Waals surface area contributed by atoms with Crippen LogP contribution in [0.1, 0.15) is 74.5 Å². The van der Waals surface area contributed by atoms with Crippen molar-refractivity contribution >= 4 is 6.08 Å². The fourth-order valence-electron chi connectivity index (χ4n) is 4.23. The van der Waals surface area contributed by atoms with Gasteiger partial charge >= 0.3 is 6.36 Å². The summed E-state index contributed by atoms with van der Waals surface area (Å²) in [7, 11) is 0. The summed E-state index contributed by atoms with van der Waals surface area (Å²) in [6.07, 6.45) is 4.70. The highest BCUT2D eigenvalue weighted by molar-refractivity contribution is 5.59. The van der Waals surface area contributed by atoms with Crippen LogP contribution in [0.25, 0.3) is 6.08 Å². The topological polar surface area (TPSA) is 9.23 Å². The summed E-state index contributed by atoms with van der Waals surface area (Å²) < 4.78 is 56.3. The first-order chi connectivity index (χ1) is 11.8. The van der Waals surface area contributed by atoms with Gasteiger partial charge in [0.2, 0.25) is 5.85 Å². The molecule has 0 bridgehead atoms. The second-order valence-electron chi connectivity index (χ2n) is 7.24. The third-order valence-electron chi connectivity index (χ3n) is 5.45. The lowest BCUT2D eigenvalue weighted by molar-refractivity contribution is -0.397. The van der Waals surface area contributed by atoms with Crippen molar-refractivity contribution in [2.45, 2.75) is 70.0 Å². The van der Waals surface area contributed by atoms with E-state index in [1.54, 1.807) is 12.1 Å². The number of benzene rings is 1. The molecule has 0 heterocycles. The second-order valence-corrected chi connectivity index (χ2v) is 7.24. The zero-order valence-corrected chi connectivity index (χ0v) is 14.4. The molecule has 0 N–H and O–H groups in total. The first-order valence-electron chi connectivity index (χ1n) is 9.07. The smallest absolute Gasteiger partial charge is 0.249 e. The molecule has 0 radical (unpaired) electrons. The lowest BCUT2D eigenvalue weighted by Crippen LogP contribution is -2.33. The van der Waals surface area contributed by atoms with Gasteiger partial charge in [-0.2, -0.15) is 0 Å². The molecule has 0 amide bonds. The quantitative estimate of drug-likeness (QED) is 0.537. The monoisotopic (exact) mass is 356 g/mol. The van der Waals surface area contributed by atoms with E-state index in [1.165, 1.54) is 37.8 Å². The van der Waals surface area contributed by atoms with Gasteiger partial charge in [-0.05, 0) is 48.6 Å². The van der Waals surface area contributed by atoms with Crippen molar-refractivity contribution in [1.82, 2.24) is 0 Å². The van der Waals surface area contributed by atoms with E-state index in [9.17, 15) is 17.6 Å². The summed E-state index contributed by atoms with van der Waals surface area (Å²) in [6, 6.07) is 5.08. The van der Waals surface area contributed by atoms with E-state index in [4.69, 9.17) is 0 Å². The normalized spacial score (nSPS) is 29.5. The van der Waals surface area contributed by atoms with Crippen LogP contribution < -0.4 is 0 Å². The minimum Gasteiger partial charge on any atom is -0.249 e. The molecule has 5 heteroatoms. The molecule has 0 aliphatic heterocycles. The maximum absolute atomic E-state index is 14.8. The van der Waals surface area contributed by atoms with Crippen molar-refractivity contribution in [3.8, 4) is 0 Å². The minimum absolute atomic E-state index is 0.0317. The van der Waals surface area contributed by atoms with E-state index >= 15 is 0 Å². The summed E-state index contributed by atoms with van der Waals surface area (Å²) in [5.74, 6) is -1.64. The fraction of sp³-hybridized carbons (Fsp3) is 0.600. The molecule has 1 atom stereocenters. The van der Waals surface area contributed by atoms with Crippen LogP contribution in [0.3, 0.4) is 0 Å². The standard InChI is InChI=1S/C20H24F4O/c1-2-4-14-6-8-15(9-7-14)16-10-11-18-17(13-16)5-3-12-19(18,21)25-20(22,23)24/h3,5,10-11,13-15H,2,4,6-9,12H2,1H3/t14-,15-,19?. The minimum atomic E-state index is -5.01. The molecular weight excluding hydrogens is 332 g/mol. The summed E-state index contributed by atoms with van der Waals surface area (Å²) >= 11 is 0. The number of fused-ring (bicyclic) bond motifs is 1. The third kappa shape index (κ3) is 4.25. The summed E-state index contributed by atoms with van der Waals surface area (Å²) in [6.45, 7) is 2.20. The van der Waals surface area contributed by atoms with Crippen LogP contribution in [-0.2, 0) is 10.6 Å². The van der Waals surface area contributed by atoms with Gasteiger partial charge in [-0.3, -0.25) is 0 Å². The summed E-state index contributed by atoms with van der Waals surface area (Å²) in [5.41, 5.74) is 1.55. The van der Waals surface area contributed by atoms with E-state index < -0.39 is 18.6 Å². The first kappa shape index (κ1) is 18.4. The van der Waals surface area contributed by atoms with E-state index in [0.29, 0.717) is 11.5 Å². The Labute approximate surface area is 146 Å². The van der Waals surface area contributed by atoms with Crippen molar-refractivity contribution in [2.24, 2.45) is 5.92 Å². The number of hydrogen-bond donors (Lipinski definition) is 0. The first-order valence-corrected chi connectivity index (χ1v) is 9.07. The number of ether oxygens (including phenoxy) is 1. The largest absolute Gasteiger partial charge is 0.525 e. The molecule has 25 heavy (non-hydrogen) atoms. The lowest BCUT2D eigenvalue weighted by Gasteiger charge is -2.32. The second kappa shape index (κ2) is 7.10. The van der Waals surface area contributed by atoms with Crippen LogP contribution >= 0.6 is 0 Å². The van der Waals surface area contributed by atoms with E-state index in [-0.39, 0.29) is 5.56 Å². The van der Waals surface area contributed by atoms with Gasteiger partial charge in [0.25, 0.3) is 0 Å². The van der Waals surface area contributed by atoms with Crippen molar-refractivity contribution in [2.75, 3.05) is 0 Å². The molecule has 1 aromatic carbocycles. The molecule has 0 spiro atoms. The molecule has 1 nitrogen and oxygen atoms in total. The Morgan fingerprint density at radius 3 is 2.52 bits per heavy atom. The molecule has 2 aliphatic carbocycles. The predicted octanol–water partition coefficient (Wildman–Crippen LogP) is 6.84. The van der Waals surface area contributed by atoms with Gasteiger partial charge in [-0.1, -0.05) is 50.1 Å². The molecule has 1 saturated carbocycles. The highest BCUT2D eigenvalue weighted by atomic mass is 19.4. The van der Waals surface area contributed by atoms with E-state index in [1.807, 2.05) is 6.07 Å². The molecule has 0 aromatic heterocycles. The maximum atomic E-state index is 14.8. The fourth-order valence-corrected chi connectivity index (χ4v) is 4.23. The number of rotatable bonds is 4. The Balaban J connectivity index is 1.78. The van der Waals surface area contributed by atoms with Gasteiger partial charge in [0.05, 0.1) is 0 Å². The number of alkyl halides is 4. The zero-order chi connectivity index (χ0) is 18.1. The SMILES string of the molecule is CCC[C@H]1CC[C@H](c2ccc3c(c2)C=CCC3(F)OC(F)(F)F)CC1. The molecular formula is C20H24F4O. The highest BCUT2D eigenvalue weighted by Gasteiger charge is 2.46. The van der Waals surface area contributed by atoms with Crippen LogP contribution in [0.2, 0.25) is 0 Å². The van der Waals surface area contributed by atoms with E-state index in [0.717, 1.165) is 24.3 Å². The van der Waals surface area contributed by atoms with E-state index in [2.05, 4.69) is 11.7 Å². The zero-order valence-electron chi connectivity index (χ0n) is 14.4. The Morgan fingerprint density at radius 1 is 1.16 bits per heavy atom. The van der Waals surface area contributed by atoms with Crippen LogP contribution in [-0.4, -0.2) is 6.36 Å². The van der Waals surface area contributed by atoms with Gasteiger partial charge in [0.15, 0.2) is 0 Å². The average molecular weight is 356 g/mol. The Kier molecular flexibility index (Phi) is 5.24. The van der Waals surface area contributed by atoms with Crippen molar-refractivity contribution in [3.05, 3.63) is 41.0 Å². The predicted molar refractivity (Wildman–Crippen MR) is 89.6 cm³/mol. The molecule has 3 rings (SSSR count). The molecule has 1 aromatic rings. The van der Waals surface area contributed by atoms with Crippen LogP contribution in [0.4, 0.5) is 17.6 Å². The average Bonchev–Trinajstić information content (AvgIpc) is 2.54. The molecule has 2 aliphatic rings. The van der Waals surface area contributed by atoms with Gasteiger partial charge in [-0.15, -0.1) is 13.2 Å². The Hall–Kier alpha value is -1.36. The number of halogens is 4. The Morgan fingerprint density at radius 2 is 1.88 bits per heavy atom. The molecule has 1 fully saturated rings. The molecule has 0 saturated heterocycles. The van der Waals surface area contributed by atoms with Crippen LogP contribution in [0.5, 0.6) is 0 Å². The van der Waals surface area contributed by atoms with Crippen LogP contribution in [0, 0.1) is 5.92 Å². The van der Waals surface area contributed by atoms with Crippen LogP contribution in [0.15, 0.2) is 24.3 Å². The van der Waals surface area contributed by atoms with Gasteiger partial charge < -0.3 is 0 Å². The lowest BCUT2D eigenvalue weighted by atomic mass is 9.76. The Bertz CT molecular complexity index is 629. The highest BCUT2D eigenvalue weighted by Crippen LogP contribution is 2.44. The summed E-state index contributed by atoms with van der Waals surface area (Å²) in [4.78, 5) is 0. The van der Waals surface area contributed by atoms with Gasteiger partial charge in [0, 0.05) is 12.0 Å². The third-order valence-corrected chi connectivity index (χ3v) is 5.45. The molecule has 1 unspecified atom stereocenters. The maximum Gasteiger partial charge on any atom is 0.525 e. The van der Waals surface area contributed by atoms with Crippen molar-refractivity contribution in [1.29, 1.82) is 0 Å². The summed E-state index contributed by atoms with van der Waals surface area (Å²) in [5, 5.41) is 0. The van der Waals surface area contributed by atoms with Crippen molar-refractivity contribution < 1.29 is 22.3 Å².